The SMILES string of the molecule is CCOC(=O)Cc1cc(F)c(I)c(F)c1. The summed E-state index contributed by atoms with van der Waals surface area (Å²) in [7, 11) is 0. The van der Waals surface area contributed by atoms with E-state index in [0.29, 0.717) is 0 Å². The zero-order chi connectivity index (χ0) is 11.4. The molecule has 15 heavy (non-hydrogen) atoms. The van der Waals surface area contributed by atoms with Gasteiger partial charge in [0.05, 0.1) is 16.6 Å². The van der Waals surface area contributed by atoms with Crippen LogP contribution in [0, 0.1) is 15.2 Å². The van der Waals surface area contributed by atoms with Crippen molar-refractivity contribution in [2.24, 2.45) is 0 Å². The molecule has 0 spiro atoms. The standard InChI is InChI=1S/C10H9F2IO2/c1-2-15-9(14)5-6-3-7(11)10(13)8(12)4-6/h3-4H,2,5H2,1H3. The van der Waals surface area contributed by atoms with Crippen LogP contribution in [0.1, 0.15) is 12.5 Å². The van der Waals surface area contributed by atoms with Crippen LogP contribution in [0.15, 0.2) is 12.1 Å². The molecule has 0 N–H and O–H groups in total. The van der Waals surface area contributed by atoms with Gasteiger partial charge in [-0.25, -0.2) is 8.78 Å². The van der Waals surface area contributed by atoms with Gasteiger partial charge in [0.15, 0.2) is 0 Å². The molecular weight excluding hydrogens is 317 g/mol. The van der Waals surface area contributed by atoms with Crippen molar-refractivity contribution < 1.29 is 18.3 Å². The van der Waals surface area contributed by atoms with Crippen LogP contribution in [0.5, 0.6) is 0 Å². The third-order valence-corrected chi connectivity index (χ3v) is 2.73. The van der Waals surface area contributed by atoms with E-state index in [0.717, 1.165) is 12.1 Å². The first-order chi connectivity index (χ1) is 7.04. The van der Waals surface area contributed by atoms with Crippen LogP contribution in [0.2, 0.25) is 0 Å². The molecule has 82 valence electrons. The predicted octanol–water partition coefficient (Wildman–Crippen LogP) is 2.68. The molecule has 0 atom stereocenters. The summed E-state index contributed by atoms with van der Waals surface area (Å²) < 4.78 is 30.8. The molecule has 0 aliphatic carbocycles. The van der Waals surface area contributed by atoms with E-state index in [1.54, 1.807) is 29.5 Å². The molecule has 0 aromatic heterocycles. The minimum atomic E-state index is -0.658. The zero-order valence-corrected chi connectivity index (χ0v) is 10.2. The van der Waals surface area contributed by atoms with E-state index in [-0.39, 0.29) is 22.2 Å². The highest BCUT2D eigenvalue weighted by molar-refractivity contribution is 14.1. The molecule has 0 aliphatic heterocycles. The summed E-state index contributed by atoms with van der Waals surface area (Å²) in [5, 5.41) is 0. The van der Waals surface area contributed by atoms with Gasteiger partial charge in [-0.1, -0.05) is 0 Å². The van der Waals surface area contributed by atoms with Crippen molar-refractivity contribution in [3.05, 3.63) is 32.9 Å². The van der Waals surface area contributed by atoms with Crippen molar-refractivity contribution in [1.82, 2.24) is 0 Å². The van der Waals surface area contributed by atoms with E-state index in [2.05, 4.69) is 4.74 Å². The number of hydrogen-bond acceptors (Lipinski definition) is 2. The van der Waals surface area contributed by atoms with Crippen molar-refractivity contribution in [2.75, 3.05) is 6.61 Å². The molecule has 0 bridgehead atoms. The van der Waals surface area contributed by atoms with Crippen molar-refractivity contribution in [1.29, 1.82) is 0 Å². The molecule has 0 saturated heterocycles. The highest BCUT2D eigenvalue weighted by atomic mass is 127. The monoisotopic (exact) mass is 326 g/mol. The van der Waals surface area contributed by atoms with Crippen LogP contribution >= 0.6 is 22.6 Å². The second kappa shape index (κ2) is 5.39. The topological polar surface area (TPSA) is 26.3 Å². The van der Waals surface area contributed by atoms with Crippen molar-refractivity contribution in [3.8, 4) is 0 Å². The molecule has 0 heterocycles. The van der Waals surface area contributed by atoms with Crippen molar-refractivity contribution in [3.63, 3.8) is 0 Å². The molecule has 0 aliphatic rings. The smallest absolute Gasteiger partial charge is 0.310 e. The fourth-order valence-corrected chi connectivity index (χ4v) is 1.40. The second-order valence-electron chi connectivity index (χ2n) is 2.86. The molecule has 0 radical (unpaired) electrons. The lowest BCUT2D eigenvalue weighted by molar-refractivity contribution is -0.142. The third-order valence-electron chi connectivity index (χ3n) is 1.70. The van der Waals surface area contributed by atoms with E-state index in [1.807, 2.05) is 0 Å². The van der Waals surface area contributed by atoms with E-state index >= 15 is 0 Å². The minimum Gasteiger partial charge on any atom is -0.466 e. The number of ether oxygens (including phenoxy) is 1. The number of hydrogen-bond donors (Lipinski definition) is 0. The third kappa shape index (κ3) is 3.40. The Morgan fingerprint density at radius 1 is 1.40 bits per heavy atom. The summed E-state index contributed by atoms with van der Waals surface area (Å²) in [6.07, 6.45) is -0.113. The van der Waals surface area contributed by atoms with Gasteiger partial charge in [0.25, 0.3) is 0 Å². The Morgan fingerprint density at radius 2 is 1.93 bits per heavy atom. The molecule has 0 saturated carbocycles. The van der Waals surface area contributed by atoms with Gasteiger partial charge in [-0.05, 0) is 47.2 Å². The Morgan fingerprint density at radius 3 is 2.40 bits per heavy atom. The predicted molar refractivity (Wildman–Crippen MR) is 59.4 cm³/mol. The van der Waals surface area contributed by atoms with Crippen molar-refractivity contribution in [2.45, 2.75) is 13.3 Å². The van der Waals surface area contributed by atoms with E-state index in [1.165, 1.54) is 0 Å². The number of esters is 1. The van der Waals surface area contributed by atoms with Crippen molar-refractivity contribution >= 4 is 28.6 Å². The number of rotatable bonds is 3. The van der Waals surface area contributed by atoms with Gasteiger partial charge in [0, 0.05) is 0 Å². The summed E-state index contributed by atoms with van der Waals surface area (Å²) in [6, 6.07) is 2.28. The minimum absolute atomic E-state index is 0.0693. The molecule has 1 rings (SSSR count). The van der Waals surface area contributed by atoms with E-state index in [9.17, 15) is 13.6 Å². The van der Waals surface area contributed by atoms with Gasteiger partial charge >= 0.3 is 5.97 Å². The highest BCUT2D eigenvalue weighted by Crippen LogP contribution is 2.17. The summed E-state index contributed by atoms with van der Waals surface area (Å²) in [4.78, 5) is 11.1. The van der Waals surface area contributed by atoms with Gasteiger partial charge < -0.3 is 4.74 Å². The van der Waals surface area contributed by atoms with Crippen LogP contribution in [-0.4, -0.2) is 12.6 Å². The first kappa shape index (κ1) is 12.4. The Hall–Kier alpha value is -0.720. The molecule has 0 unspecified atom stereocenters. The summed E-state index contributed by atoms with van der Waals surface area (Å²) in [5.74, 6) is -1.80. The Balaban J connectivity index is 2.83. The molecule has 0 fully saturated rings. The van der Waals surface area contributed by atoms with Gasteiger partial charge in [0.1, 0.15) is 11.6 Å². The maximum atomic E-state index is 13.1. The maximum Gasteiger partial charge on any atom is 0.310 e. The number of carbonyl (C=O) groups is 1. The Kier molecular flexibility index (Phi) is 4.44. The molecular formula is C10H9F2IO2. The van der Waals surface area contributed by atoms with Crippen LogP contribution in [0.25, 0.3) is 0 Å². The molecule has 2 nitrogen and oxygen atoms in total. The summed E-state index contributed by atoms with van der Waals surface area (Å²) in [5.41, 5.74) is 0.281. The van der Waals surface area contributed by atoms with Crippen LogP contribution < -0.4 is 0 Å². The fraction of sp³-hybridized carbons (Fsp3) is 0.300. The number of benzene rings is 1. The first-order valence-electron chi connectivity index (χ1n) is 4.33. The van der Waals surface area contributed by atoms with Gasteiger partial charge in [-0.2, -0.15) is 0 Å². The normalized spacial score (nSPS) is 10.1. The first-order valence-corrected chi connectivity index (χ1v) is 5.41. The van der Waals surface area contributed by atoms with Gasteiger partial charge in [0.2, 0.25) is 0 Å². The second-order valence-corrected chi connectivity index (χ2v) is 3.93. The molecule has 1 aromatic rings. The fourth-order valence-electron chi connectivity index (χ4n) is 1.09. The average Bonchev–Trinajstić information content (AvgIpc) is 2.14. The van der Waals surface area contributed by atoms with Crippen LogP contribution in [0.3, 0.4) is 0 Å². The highest BCUT2D eigenvalue weighted by Gasteiger charge is 2.11. The number of halogens is 3. The molecule has 0 amide bonds. The Labute approximate surface area is 99.8 Å². The lowest BCUT2D eigenvalue weighted by Crippen LogP contribution is -2.08. The van der Waals surface area contributed by atoms with E-state index < -0.39 is 17.6 Å². The lowest BCUT2D eigenvalue weighted by atomic mass is 10.1. The largest absolute Gasteiger partial charge is 0.466 e. The summed E-state index contributed by atoms with van der Waals surface area (Å²) in [6.45, 7) is 1.93. The zero-order valence-electron chi connectivity index (χ0n) is 8.02. The van der Waals surface area contributed by atoms with Gasteiger partial charge in [-0.3, -0.25) is 4.79 Å². The average molecular weight is 326 g/mol. The molecule has 5 heteroatoms. The maximum absolute atomic E-state index is 13.1. The number of carbonyl (C=O) groups excluding carboxylic acids is 1. The quantitative estimate of drug-likeness (QED) is 0.485. The van der Waals surface area contributed by atoms with Crippen LogP contribution in [-0.2, 0) is 16.0 Å². The lowest BCUT2D eigenvalue weighted by Gasteiger charge is -2.04. The summed E-state index contributed by atoms with van der Waals surface area (Å²) >= 11 is 1.57. The van der Waals surface area contributed by atoms with Crippen LogP contribution in [0.4, 0.5) is 8.78 Å². The Bertz CT molecular complexity index is 357. The van der Waals surface area contributed by atoms with E-state index in [4.69, 9.17) is 0 Å². The van der Waals surface area contributed by atoms with Gasteiger partial charge in [-0.15, -0.1) is 0 Å². The molecule has 1 aromatic carbocycles.